The number of hydrogen-bond acceptors (Lipinski definition) is 4. The van der Waals surface area contributed by atoms with Gasteiger partial charge in [0.2, 0.25) is 0 Å². The van der Waals surface area contributed by atoms with E-state index >= 15 is 0 Å². The Bertz CT molecular complexity index is 532. The van der Waals surface area contributed by atoms with Gasteiger partial charge in [0.25, 0.3) is 0 Å². The summed E-state index contributed by atoms with van der Waals surface area (Å²) >= 11 is 0. The molecule has 0 saturated heterocycles. The van der Waals surface area contributed by atoms with Crippen molar-refractivity contribution in [3.05, 3.63) is 41.2 Å². The summed E-state index contributed by atoms with van der Waals surface area (Å²) in [5.41, 5.74) is 9.09. The minimum atomic E-state index is -0.0908. The number of hydrogen-bond donors (Lipinski definition) is 1. The van der Waals surface area contributed by atoms with Crippen molar-refractivity contribution in [1.29, 1.82) is 0 Å². The maximum absolute atomic E-state index is 6.26. The normalized spacial score (nSPS) is 12.7. The summed E-state index contributed by atoms with van der Waals surface area (Å²) in [5.74, 6) is 1.01. The van der Waals surface area contributed by atoms with Gasteiger partial charge in [-0.3, -0.25) is 0 Å². The van der Waals surface area contributed by atoms with Crippen molar-refractivity contribution in [2.24, 2.45) is 5.73 Å². The third-order valence-electron chi connectivity index (χ3n) is 3.08. The molecule has 2 aromatic rings. The van der Waals surface area contributed by atoms with Crippen molar-refractivity contribution < 1.29 is 0 Å². The summed E-state index contributed by atoms with van der Waals surface area (Å²) in [7, 11) is 0. The van der Waals surface area contributed by atoms with Gasteiger partial charge in [-0.15, -0.1) is 0 Å². The van der Waals surface area contributed by atoms with Gasteiger partial charge in [0.05, 0.1) is 11.4 Å². The van der Waals surface area contributed by atoms with Crippen LogP contribution in [0.25, 0.3) is 0 Å². The largest absolute Gasteiger partial charge is 0.335 e. The van der Waals surface area contributed by atoms with Crippen LogP contribution in [0.3, 0.4) is 0 Å². The van der Waals surface area contributed by atoms with Crippen LogP contribution in [0.2, 0.25) is 0 Å². The predicted octanol–water partition coefficient (Wildman–Crippen LogP) is 1.55. The van der Waals surface area contributed by atoms with E-state index in [0.29, 0.717) is 6.42 Å². The number of aromatic nitrogens is 4. The maximum atomic E-state index is 6.26. The van der Waals surface area contributed by atoms with Gasteiger partial charge < -0.3 is 10.3 Å². The van der Waals surface area contributed by atoms with Gasteiger partial charge in [-0.1, -0.05) is 0 Å². The molecule has 0 fully saturated rings. The third-order valence-corrected chi connectivity index (χ3v) is 3.08. The lowest BCUT2D eigenvalue weighted by Crippen LogP contribution is -2.18. The van der Waals surface area contributed by atoms with Crippen molar-refractivity contribution in [2.45, 2.75) is 39.8 Å². The third kappa shape index (κ3) is 2.56. The molecular weight excluding hydrogens is 226 g/mol. The van der Waals surface area contributed by atoms with Crippen molar-refractivity contribution in [3.63, 3.8) is 0 Å². The van der Waals surface area contributed by atoms with E-state index in [9.17, 15) is 0 Å². The molecule has 0 bridgehead atoms. The van der Waals surface area contributed by atoms with E-state index in [1.165, 1.54) is 0 Å². The summed E-state index contributed by atoms with van der Waals surface area (Å²) in [4.78, 5) is 4.35. The van der Waals surface area contributed by atoms with E-state index in [2.05, 4.69) is 26.7 Å². The van der Waals surface area contributed by atoms with Gasteiger partial charge in [0.15, 0.2) is 0 Å². The van der Waals surface area contributed by atoms with Crippen LogP contribution in [0.5, 0.6) is 0 Å². The second-order valence-electron chi connectivity index (χ2n) is 4.47. The Hall–Kier alpha value is -1.75. The smallest absolute Gasteiger partial charge is 0.110 e. The van der Waals surface area contributed by atoms with Gasteiger partial charge in [-0.05, 0) is 32.4 Å². The van der Waals surface area contributed by atoms with Gasteiger partial charge >= 0.3 is 0 Å². The first kappa shape index (κ1) is 12.7. The van der Waals surface area contributed by atoms with Crippen LogP contribution in [0, 0.1) is 13.8 Å². The molecule has 1 atom stereocenters. The Morgan fingerprint density at radius 2 is 2.11 bits per heavy atom. The molecule has 2 N–H and O–H groups in total. The molecule has 0 aliphatic heterocycles. The SMILES string of the molecule is CCn1ccnc1CC(N)c1cc(C)nnc1C. The number of rotatable bonds is 4. The number of nitrogens with zero attached hydrogens (tertiary/aromatic N) is 4. The van der Waals surface area contributed by atoms with Crippen LogP contribution in [0.1, 0.15) is 35.7 Å². The molecule has 18 heavy (non-hydrogen) atoms. The van der Waals surface area contributed by atoms with E-state index in [-0.39, 0.29) is 6.04 Å². The monoisotopic (exact) mass is 245 g/mol. The molecule has 2 aromatic heterocycles. The van der Waals surface area contributed by atoms with Crippen molar-refractivity contribution in [2.75, 3.05) is 0 Å². The highest BCUT2D eigenvalue weighted by Crippen LogP contribution is 2.18. The molecule has 0 amide bonds. The summed E-state index contributed by atoms with van der Waals surface area (Å²) < 4.78 is 2.11. The Kier molecular flexibility index (Phi) is 3.72. The summed E-state index contributed by atoms with van der Waals surface area (Å²) in [6.07, 6.45) is 4.51. The van der Waals surface area contributed by atoms with Crippen LogP contribution >= 0.6 is 0 Å². The fourth-order valence-corrected chi connectivity index (χ4v) is 2.07. The van der Waals surface area contributed by atoms with Gasteiger partial charge in [-0.25, -0.2) is 4.98 Å². The fourth-order valence-electron chi connectivity index (χ4n) is 2.07. The molecule has 0 aliphatic carbocycles. The molecule has 0 aliphatic rings. The molecule has 0 radical (unpaired) electrons. The fraction of sp³-hybridized carbons (Fsp3) is 0.462. The Balaban J connectivity index is 2.21. The quantitative estimate of drug-likeness (QED) is 0.887. The molecule has 2 rings (SSSR count). The zero-order chi connectivity index (χ0) is 13.1. The zero-order valence-electron chi connectivity index (χ0n) is 11.1. The first-order chi connectivity index (χ1) is 8.61. The molecule has 0 aromatic carbocycles. The van der Waals surface area contributed by atoms with E-state index in [4.69, 9.17) is 5.73 Å². The van der Waals surface area contributed by atoms with Gasteiger partial charge in [-0.2, -0.15) is 10.2 Å². The summed E-state index contributed by atoms with van der Waals surface area (Å²) in [6, 6.07) is 1.92. The van der Waals surface area contributed by atoms with Crippen LogP contribution in [-0.4, -0.2) is 19.7 Å². The first-order valence-corrected chi connectivity index (χ1v) is 6.18. The van der Waals surface area contributed by atoms with E-state index in [1.54, 1.807) is 0 Å². The van der Waals surface area contributed by atoms with E-state index in [1.807, 2.05) is 32.3 Å². The molecule has 5 nitrogen and oxygen atoms in total. The predicted molar refractivity (Wildman–Crippen MR) is 70.0 cm³/mol. The highest BCUT2D eigenvalue weighted by Gasteiger charge is 2.14. The maximum Gasteiger partial charge on any atom is 0.110 e. The first-order valence-electron chi connectivity index (χ1n) is 6.18. The Morgan fingerprint density at radius 1 is 1.33 bits per heavy atom. The second-order valence-corrected chi connectivity index (χ2v) is 4.47. The Labute approximate surface area is 107 Å². The summed E-state index contributed by atoms with van der Waals surface area (Å²) in [5, 5.41) is 8.14. The number of nitrogens with two attached hydrogens (primary N) is 1. The average Bonchev–Trinajstić information content (AvgIpc) is 2.79. The van der Waals surface area contributed by atoms with Crippen molar-refractivity contribution in [3.8, 4) is 0 Å². The van der Waals surface area contributed by atoms with Gasteiger partial charge in [0.1, 0.15) is 5.82 Å². The average molecular weight is 245 g/mol. The highest BCUT2D eigenvalue weighted by molar-refractivity contribution is 5.24. The summed E-state index contributed by atoms with van der Waals surface area (Å²) in [6.45, 7) is 6.87. The minimum absolute atomic E-state index is 0.0908. The number of imidazole rings is 1. The molecule has 0 saturated carbocycles. The van der Waals surface area contributed by atoms with Crippen molar-refractivity contribution in [1.82, 2.24) is 19.7 Å². The van der Waals surface area contributed by atoms with Crippen LogP contribution in [0.4, 0.5) is 0 Å². The standard InChI is InChI=1S/C13H19N5/c1-4-18-6-5-15-13(18)8-12(14)11-7-9(2)16-17-10(11)3/h5-7,12H,4,8,14H2,1-3H3. The van der Waals surface area contributed by atoms with E-state index < -0.39 is 0 Å². The lowest BCUT2D eigenvalue weighted by Gasteiger charge is -2.14. The van der Waals surface area contributed by atoms with Crippen LogP contribution in [-0.2, 0) is 13.0 Å². The lowest BCUT2D eigenvalue weighted by atomic mass is 10.0. The second kappa shape index (κ2) is 5.27. The molecule has 5 heteroatoms. The molecule has 0 spiro atoms. The number of aryl methyl sites for hydroxylation is 3. The molecule has 96 valence electrons. The highest BCUT2D eigenvalue weighted by atomic mass is 15.1. The Morgan fingerprint density at radius 3 is 2.83 bits per heavy atom. The van der Waals surface area contributed by atoms with E-state index in [0.717, 1.165) is 29.3 Å². The molecule has 1 unspecified atom stereocenters. The molecular formula is C13H19N5. The van der Waals surface area contributed by atoms with Crippen LogP contribution < -0.4 is 5.73 Å². The minimum Gasteiger partial charge on any atom is -0.335 e. The van der Waals surface area contributed by atoms with Gasteiger partial charge in [0, 0.05) is 31.4 Å². The topological polar surface area (TPSA) is 69.6 Å². The zero-order valence-corrected chi connectivity index (χ0v) is 11.1. The van der Waals surface area contributed by atoms with Crippen molar-refractivity contribution >= 4 is 0 Å². The van der Waals surface area contributed by atoms with Crippen LogP contribution in [0.15, 0.2) is 18.5 Å². The lowest BCUT2D eigenvalue weighted by molar-refractivity contribution is 0.621. The molecule has 2 heterocycles.